The molecule has 0 spiro atoms. The number of hydrogen-bond acceptors (Lipinski definition) is 2. The number of ether oxygens (including phenoxy) is 1. The fraction of sp³-hybridized carbons (Fsp3) is 0.250. The van der Waals surface area contributed by atoms with E-state index in [2.05, 4.69) is 4.98 Å². The van der Waals surface area contributed by atoms with Crippen LogP contribution in [0.5, 0.6) is 5.75 Å². The van der Waals surface area contributed by atoms with Crippen LogP contribution in [-0.2, 0) is 13.7 Å². The highest BCUT2D eigenvalue weighted by Gasteiger charge is 2.05. The van der Waals surface area contributed by atoms with Gasteiger partial charge in [-0.3, -0.25) is 0 Å². The molecule has 0 saturated carbocycles. The number of imidazole rings is 1. The van der Waals surface area contributed by atoms with E-state index in [0.29, 0.717) is 6.61 Å². The van der Waals surface area contributed by atoms with Gasteiger partial charge in [0.2, 0.25) is 0 Å². The van der Waals surface area contributed by atoms with E-state index in [1.165, 1.54) is 6.07 Å². The SMILES string of the molecule is Cc1ncc(COc2ccccc2F)n1C. The zero-order chi connectivity index (χ0) is 11.5. The summed E-state index contributed by atoms with van der Waals surface area (Å²) in [6, 6.07) is 6.37. The predicted octanol–water partition coefficient (Wildman–Crippen LogP) is 2.45. The molecule has 2 aromatic rings. The Morgan fingerprint density at radius 1 is 1.38 bits per heavy atom. The molecular formula is C12H13FN2O. The summed E-state index contributed by atoms with van der Waals surface area (Å²) < 4.78 is 20.5. The molecule has 0 radical (unpaired) electrons. The van der Waals surface area contributed by atoms with Gasteiger partial charge in [0.1, 0.15) is 12.4 Å². The van der Waals surface area contributed by atoms with Gasteiger partial charge in [-0.25, -0.2) is 9.37 Å². The van der Waals surface area contributed by atoms with Crippen LogP contribution in [0.2, 0.25) is 0 Å². The van der Waals surface area contributed by atoms with Crippen molar-refractivity contribution in [2.24, 2.45) is 7.05 Å². The molecule has 0 N–H and O–H groups in total. The van der Waals surface area contributed by atoms with Gasteiger partial charge in [0, 0.05) is 7.05 Å². The molecule has 1 heterocycles. The maximum atomic E-state index is 13.3. The van der Waals surface area contributed by atoms with Crippen LogP contribution in [-0.4, -0.2) is 9.55 Å². The number of rotatable bonds is 3. The van der Waals surface area contributed by atoms with Crippen molar-refractivity contribution in [3.05, 3.63) is 47.8 Å². The third-order valence-electron chi connectivity index (χ3n) is 2.53. The van der Waals surface area contributed by atoms with E-state index in [-0.39, 0.29) is 11.6 Å². The van der Waals surface area contributed by atoms with Crippen molar-refractivity contribution in [2.75, 3.05) is 0 Å². The zero-order valence-electron chi connectivity index (χ0n) is 9.27. The first kappa shape index (κ1) is 10.7. The Hall–Kier alpha value is -1.84. The van der Waals surface area contributed by atoms with Crippen molar-refractivity contribution in [1.29, 1.82) is 0 Å². The van der Waals surface area contributed by atoms with Crippen molar-refractivity contribution >= 4 is 0 Å². The number of para-hydroxylation sites is 1. The minimum atomic E-state index is -0.346. The van der Waals surface area contributed by atoms with E-state index in [1.807, 2.05) is 18.5 Å². The summed E-state index contributed by atoms with van der Waals surface area (Å²) >= 11 is 0. The number of nitrogens with zero attached hydrogens (tertiary/aromatic N) is 2. The summed E-state index contributed by atoms with van der Waals surface area (Å²) in [5.74, 6) is 0.829. The summed E-state index contributed by atoms with van der Waals surface area (Å²) in [4.78, 5) is 4.14. The van der Waals surface area contributed by atoms with Crippen LogP contribution < -0.4 is 4.74 Å². The monoisotopic (exact) mass is 220 g/mol. The summed E-state index contributed by atoms with van der Waals surface area (Å²) in [6.07, 6.45) is 1.73. The molecule has 3 nitrogen and oxygen atoms in total. The second-order valence-corrected chi connectivity index (χ2v) is 3.57. The number of benzene rings is 1. The maximum Gasteiger partial charge on any atom is 0.165 e. The van der Waals surface area contributed by atoms with E-state index < -0.39 is 0 Å². The molecule has 4 heteroatoms. The lowest BCUT2D eigenvalue weighted by atomic mass is 10.3. The van der Waals surface area contributed by atoms with Crippen LogP contribution >= 0.6 is 0 Å². The fourth-order valence-corrected chi connectivity index (χ4v) is 1.40. The standard InChI is InChI=1S/C12H13FN2O/c1-9-14-7-10(15(9)2)8-16-12-6-4-3-5-11(12)13/h3-7H,8H2,1-2H3. The molecular weight excluding hydrogens is 207 g/mol. The fourth-order valence-electron chi connectivity index (χ4n) is 1.40. The highest BCUT2D eigenvalue weighted by atomic mass is 19.1. The Morgan fingerprint density at radius 2 is 2.12 bits per heavy atom. The molecule has 0 fully saturated rings. The number of hydrogen-bond donors (Lipinski definition) is 0. The van der Waals surface area contributed by atoms with E-state index >= 15 is 0 Å². The van der Waals surface area contributed by atoms with Gasteiger partial charge in [-0.2, -0.15) is 0 Å². The van der Waals surface area contributed by atoms with Crippen molar-refractivity contribution < 1.29 is 9.13 Å². The van der Waals surface area contributed by atoms with Crippen LogP contribution in [0.25, 0.3) is 0 Å². The zero-order valence-corrected chi connectivity index (χ0v) is 9.27. The van der Waals surface area contributed by atoms with Gasteiger partial charge < -0.3 is 9.30 Å². The van der Waals surface area contributed by atoms with Crippen molar-refractivity contribution in [1.82, 2.24) is 9.55 Å². The number of aryl methyl sites for hydroxylation is 1. The molecule has 0 atom stereocenters. The molecule has 1 aromatic heterocycles. The normalized spacial score (nSPS) is 10.4. The lowest BCUT2D eigenvalue weighted by Crippen LogP contribution is -2.03. The molecule has 2 rings (SSSR count). The van der Waals surface area contributed by atoms with Crippen LogP contribution in [0.4, 0.5) is 4.39 Å². The topological polar surface area (TPSA) is 27.1 Å². The molecule has 0 aliphatic carbocycles. The Kier molecular flexibility index (Phi) is 2.90. The quantitative estimate of drug-likeness (QED) is 0.794. The lowest BCUT2D eigenvalue weighted by molar-refractivity contribution is 0.282. The van der Waals surface area contributed by atoms with Gasteiger partial charge in [-0.1, -0.05) is 12.1 Å². The van der Waals surface area contributed by atoms with Crippen molar-refractivity contribution in [3.8, 4) is 5.75 Å². The average molecular weight is 220 g/mol. The van der Waals surface area contributed by atoms with Crippen molar-refractivity contribution in [3.63, 3.8) is 0 Å². The molecule has 0 aliphatic rings. The second kappa shape index (κ2) is 4.35. The molecule has 0 aliphatic heterocycles. The summed E-state index contributed by atoms with van der Waals surface area (Å²) in [7, 11) is 1.91. The van der Waals surface area contributed by atoms with Crippen LogP contribution in [0.1, 0.15) is 11.5 Å². The highest BCUT2D eigenvalue weighted by molar-refractivity contribution is 5.23. The van der Waals surface area contributed by atoms with E-state index in [4.69, 9.17) is 4.74 Å². The third-order valence-corrected chi connectivity index (χ3v) is 2.53. The summed E-state index contributed by atoms with van der Waals surface area (Å²) in [5.41, 5.74) is 0.917. The second-order valence-electron chi connectivity index (χ2n) is 3.57. The van der Waals surface area contributed by atoms with Gasteiger partial charge in [0.25, 0.3) is 0 Å². The summed E-state index contributed by atoms with van der Waals surface area (Å²) in [5, 5.41) is 0. The Morgan fingerprint density at radius 3 is 2.75 bits per heavy atom. The van der Waals surface area contributed by atoms with E-state index in [1.54, 1.807) is 24.4 Å². The summed E-state index contributed by atoms with van der Waals surface area (Å²) in [6.45, 7) is 2.23. The highest BCUT2D eigenvalue weighted by Crippen LogP contribution is 2.17. The molecule has 84 valence electrons. The van der Waals surface area contributed by atoms with Gasteiger partial charge in [-0.05, 0) is 19.1 Å². The smallest absolute Gasteiger partial charge is 0.165 e. The Bertz CT molecular complexity index is 494. The Balaban J connectivity index is 2.08. The van der Waals surface area contributed by atoms with Gasteiger partial charge >= 0.3 is 0 Å². The number of halogens is 1. The largest absolute Gasteiger partial charge is 0.484 e. The van der Waals surface area contributed by atoms with Crippen LogP contribution in [0, 0.1) is 12.7 Å². The molecule has 0 saturated heterocycles. The van der Waals surface area contributed by atoms with Crippen LogP contribution in [0.3, 0.4) is 0 Å². The maximum absolute atomic E-state index is 13.3. The van der Waals surface area contributed by atoms with Crippen LogP contribution in [0.15, 0.2) is 30.5 Å². The molecule has 0 amide bonds. The first-order valence-electron chi connectivity index (χ1n) is 5.03. The molecule has 0 unspecified atom stereocenters. The average Bonchev–Trinajstić information content (AvgIpc) is 2.59. The van der Waals surface area contributed by atoms with Gasteiger partial charge in [0.05, 0.1) is 11.9 Å². The first-order valence-corrected chi connectivity index (χ1v) is 5.03. The molecule has 16 heavy (non-hydrogen) atoms. The lowest BCUT2D eigenvalue weighted by Gasteiger charge is -2.07. The molecule has 1 aromatic carbocycles. The predicted molar refractivity (Wildman–Crippen MR) is 58.7 cm³/mol. The van der Waals surface area contributed by atoms with Gasteiger partial charge in [-0.15, -0.1) is 0 Å². The first-order chi connectivity index (χ1) is 7.68. The Labute approximate surface area is 93.5 Å². The minimum absolute atomic E-state index is 0.265. The molecule has 0 bridgehead atoms. The van der Waals surface area contributed by atoms with E-state index in [9.17, 15) is 4.39 Å². The third kappa shape index (κ3) is 2.05. The van der Waals surface area contributed by atoms with E-state index in [0.717, 1.165) is 11.5 Å². The van der Waals surface area contributed by atoms with Crippen molar-refractivity contribution in [2.45, 2.75) is 13.5 Å². The van der Waals surface area contributed by atoms with Gasteiger partial charge in [0.15, 0.2) is 11.6 Å². The number of aromatic nitrogens is 2. The minimum Gasteiger partial charge on any atom is -0.484 e.